The minimum absolute atomic E-state index is 0.136. The summed E-state index contributed by atoms with van der Waals surface area (Å²) in [5.74, 6) is 2.61. The van der Waals surface area contributed by atoms with Crippen LogP contribution in [-0.4, -0.2) is 30.4 Å². The van der Waals surface area contributed by atoms with Crippen LogP contribution in [0.15, 0.2) is 30.3 Å². The van der Waals surface area contributed by atoms with E-state index in [1.54, 1.807) is 0 Å². The summed E-state index contributed by atoms with van der Waals surface area (Å²) < 4.78 is 0. The molecule has 1 aromatic rings. The Morgan fingerprint density at radius 2 is 2.22 bits per heavy atom. The molecule has 1 N–H and O–H groups in total. The van der Waals surface area contributed by atoms with Gasteiger partial charge < -0.3 is 4.90 Å². The second-order valence-corrected chi connectivity index (χ2v) is 4.46. The lowest BCUT2D eigenvalue weighted by Gasteiger charge is -2.25. The van der Waals surface area contributed by atoms with Crippen molar-refractivity contribution >= 4 is 5.91 Å². The summed E-state index contributed by atoms with van der Waals surface area (Å²) in [5, 5.41) is 2.96. The van der Waals surface area contributed by atoms with E-state index in [0.29, 0.717) is 13.1 Å². The maximum Gasteiger partial charge on any atom is 0.237 e. The number of nitrogens with one attached hydrogen (secondary N) is 1. The Hall–Kier alpha value is -1.79. The Morgan fingerprint density at radius 1 is 1.44 bits per heavy atom. The zero-order chi connectivity index (χ0) is 12.8. The largest absolute Gasteiger partial charge is 0.335 e. The molecule has 0 spiro atoms. The summed E-state index contributed by atoms with van der Waals surface area (Å²) in [6, 6.07) is 10.4. The van der Waals surface area contributed by atoms with Gasteiger partial charge in [-0.1, -0.05) is 36.3 Å². The molecule has 0 saturated carbocycles. The first-order chi connectivity index (χ1) is 8.83. The normalized spacial score (nSPS) is 18.6. The number of terminal acetylenes is 1. The van der Waals surface area contributed by atoms with Gasteiger partial charge in [-0.2, -0.15) is 0 Å². The van der Waals surface area contributed by atoms with Gasteiger partial charge in [-0.05, 0) is 18.4 Å². The molecular weight excluding hydrogens is 224 g/mol. The van der Waals surface area contributed by atoms with E-state index in [0.717, 1.165) is 19.4 Å². The zero-order valence-corrected chi connectivity index (χ0v) is 10.4. The maximum atomic E-state index is 12.1. The molecule has 0 radical (unpaired) electrons. The monoisotopic (exact) mass is 242 g/mol. The third-order valence-corrected chi connectivity index (χ3v) is 3.26. The van der Waals surface area contributed by atoms with Crippen LogP contribution < -0.4 is 5.32 Å². The highest BCUT2D eigenvalue weighted by Crippen LogP contribution is 2.31. The van der Waals surface area contributed by atoms with Crippen molar-refractivity contribution in [1.82, 2.24) is 10.2 Å². The van der Waals surface area contributed by atoms with E-state index >= 15 is 0 Å². The molecular formula is C15H18N2O. The molecule has 1 saturated heterocycles. The average Bonchev–Trinajstić information content (AvgIpc) is 2.89. The molecule has 3 nitrogen and oxygen atoms in total. The van der Waals surface area contributed by atoms with Gasteiger partial charge in [0.25, 0.3) is 0 Å². The number of rotatable bonds is 4. The Bertz CT molecular complexity index is 436. The van der Waals surface area contributed by atoms with E-state index in [2.05, 4.69) is 23.4 Å². The van der Waals surface area contributed by atoms with Gasteiger partial charge in [-0.3, -0.25) is 10.1 Å². The molecule has 1 amide bonds. The van der Waals surface area contributed by atoms with Crippen LogP contribution in [0.5, 0.6) is 0 Å². The molecule has 2 rings (SSSR count). The summed E-state index contributed by atoms with van der Waals surface area (Å²) in [6.45, 7) is 1.61. The zero-order valence-electron chi connectivity index (χ0n) is 10.4. The first-order valence-electron chi connectivity index (χ1n) is 6.31. The fourth-order valence-electron chi connectivity index (χ4n) is 2.43. The molecule has 1 aromatic carbocycles. The van der Waals surface area contributed by atoms with Gasteiger partial charge >= 0.3 is 0 Å². The lowest BCUT2D eigenvalue weighted by atomic mass is 10.0. The number of carbonyl (C=O) groups is 1. The van der Waals surface area contributed by atoms with Crippen molar-refractivity contribution in [1.29, 1.82) is 0 Å². The second kappa shape index (κ2) is 6.23. The van der Waals surface area contributed by atoms with Gasteiger partial charge in [0, 0.05) is 6.54 Å². The lowest BCUT2D eigenvalue weighted by molar-refractivity contribution is -0.131. The quantitative estimate of drug-likeness (QED) is 0.642. The lowest BCUT2D eigenvalue weighted by Crippen LogP contribution is -2.37. The Morgan fingerprint density at radius 3 is 2.94 bits per heavy atom. The first-order valence-corrected chi connectivity index (χ1v) is 6.31. The van der Waals surface area contributed by atoms with Gasteiger partial charge in [-0.25, -0.2) is 0 Å². The number of hydrogen-bond donors (Lipinski definition) is 1. The standard InChI is InChI=1S/C15H18N2O/c1-2-10-16-12-15(18)17-11-6-9-14(17)13-7-4-3-5-8-13/h1,3-5,7-8,14,16H,6,9-12H2. The Labute approximate surface area is 108 Å². The van der Waals surface area contributed by atoms with E-state index in [4.69, 9.17) is 6.42 Å². The molecule has 0 aromatic heterocycles. The maximum absolute atomic E-state index is 12.1. The van der Waals surface area contributed by atoms with Crippen molar-refractivity contribution in [2.24, 2.45) is 0 Å². The molecule has 1 atom stereocenters. The van der Waals surface area contributed by atoms with Crippen molar-refractivity contribution in [3.8, 4) is 12.3 Å². The van der Waals surface area contributed by atoms with Gasteiger partial charge in [0.05, 0.1) is 19.1 Å². The predicted molar refractivity (Wildman–Crippen MR) is 71.8 cm³/mol. The molecule has 0 aliphatic carbocycles. The van der Waals surface area contributed by atoms with Crippen LogP contribution in [0.25, 0.3) is 0 Å². The van der Waals surface area contributed by atoms with Crippen LogP contribution in [0.1, 0.15) is 24.4 Å². The Kier molecular flexibility index (Phi) is 4.38. The van der Waals surface area contributed by atoms with Crippen LogP contribution in [0.2, 0.25) is 0 Å². The Balaban J connectivity index is 2.00. The van der Waals surface area contributed by atoms with Crippen molar-refractivity contribution < 1.29 is 4.79 Å². The summed E-state index contributed by atoms with van der Waals surface area (Å²) >= 11 is 0. The van der Waals surface area contributed by atoms with Crippen LogP contribution >= 0.6 is 0 Å². The third kappa shape index (κ3) is 2.91. The van der Waals surface area contributed by atoms with E-state index in [1.807, 2.05) is 23.1 Å². The van der Waals surface area contributed by atoms with Crippen molar-refractivity contribution in [3.05, 3.63) is 35.9 Å². The number of benzene rings is 1. The smallest absolute Gasteiger partial charge is 0.237 e. The summed E-state index contributed by atoms with van der Waals surface area (Å²) in [6.07, 6.45) is 7.27. The van der Waals surface area contributed by atoms with Crippen LogP contribution in [0.3, 0.4) is 0 Å². The van der Waals surface area contributed by atoms with Crippen molar-refractivity contribution in [2.45, 2.75) is 18.9 Å². The second-order valence-electron chi connectivity index (χ2n) is 4.46. The fourth-order valence-corrected chi connectivity index (χ4v) is 2.43. The van der Waals surface area contributed by atoms with Crippen LogP contribution in [0.4, 0.5) is 0 Å². The van der Waals surface area contributed by atoms with Crippen molar-refractivity contribution in [3.63, 3.8) is 0 Å². The number of likely N-dealkylation sites (tertiary alicyclic amines) is 1. The number of amides is 1. The van der Waals surface area contributed by atoms with E-state index < -0.39 is 0 Å². The molecule has 0 bridgehead atoms. The molecule has 3 heteroatoms. The highest BCUT2D eigenvalue weighted by Gasteiger charge is 2.29. The summed E-state index contributed by atoms with van der Waals surface area (Å²) in [4.78, 5) is 14.1. The molecule has 1 fully saturated rings. The summed E-state index contributed by atoms with van der Waals surface area (Å²) in [7, 11) is 0. The molecule has 18 heavy (non-hydrogen) atoms. The van der Waals surface area contributed by atoms with E-state index in [-0.39, 0.29) is 11.9 Å². The number of hydrogen-bond acceptors (Lipinski definition) is 2. The minimum atomic E-state index is 0.136. The highest BCUT2D eigenvalue weighted by atomic mass is 16.2. The van der Waals surface area contributed by atoms with Crippen LogP contribution in [0, 0.1) is 12.3 Å². The first kappa shape index (κ1) is 12.7. The van der Waals surface area contributed by atoms with Crippen molar-refractivity contribution in [2.75, 3.05) is 19.6 Å². The number of carbonyl (C=O) groups excluding carboxylic acids is 1. The SMILES string of the molecule is C#CCNCC(=O)N1CCCC1c1ccccc1. The minimum Gasteiger partial charge on any atom is -0.335 e. The van der Waals surface area contributed by atoms with E-state index in [9.17, 15) is 4.79 Å². The molecule has 94 valence electrons. The topological polar surface area (TPSA) is 32.3 Å². The highest BCUT2D eigenvalue weighted by molar-refractivity contribution is 5.79. The predicted octanol–water partition coefficient (Wildman–Crippen LogP) is 1.57. The number of nitrogens with zero attached hydrogens (tertiary/aromatic N) is 1. The van der Waals surface area contributed by atoms with Gasteiger partial charge in [-0.15, -0.1) is 6.42 Å². The molecule has 1 aliphatic rings. The van der Waals surface area contributed by atoms with Crippen LogP contribution in [-0.2, 0) is 4.79 Å². The van der Waals surface area contributed by atoms with E-state index in [1.165, 1.54) is 5.56 Å². The fraction of sp³-hybridized carbons (Fsp3) is 0.400. The third-order valence-electron chi connectivity index (χ3n) is 3.26. The van der Waals surface area contributed by atoms with Gasteiger partial charge in [0.1, 0.15) is 0 Å². The van der Waals surface area contributed by atoms with Gasteiger partial charge in [0.2, 0.25) is 5.91 Å². The average molecular weight is 242 g/mol. The molecule has 1 heterocycles. The molecule has 1 aliphatic heterocycles. The summed E-state index contributed by atoms with van der Waals surface area (Å²) in [5.41, 5.74) is 1.22. The molecule has 1 unspecified atom stereocenters. The van der Waals surface area contributed by atoms with Gasteiger partial charge in [0.15, 0.2) is 0 Å².